The van der Waals surface area contributed by atoms with Crippen molar-refractivity contribution in [2.24, 2.45) is 0 Å². The SMILES string of the molecule is CCN(CC)C(C)(c1ccccc1N)C1NC(=O)c2ccccc21. The number of nitrogens with zero attached hydrogens (tertiary/aromatic N) is 1. The van der Waals surface area contributed by atoms with Crippen LogP contribution >= 0.6 is 0 Å². The zero-order valence-corrected chi connectivity index (χ0v) is 14.5. The summed E-state index contributed by atoms with van der Waals surface area (Å²) in [6.07, 6.45) is 0. The second kappa shape index (κ2) is 6.29. The van der Waals surface area contributed by atoms with Gasteiger partial charge in [-0.2, -0.15) is 0 Å². The Kier molecular flexibility index (Phi) is 4.33. The number of nitrogen functional groups attached to an aromatic ring is 1. The van der Waals surface area contributed by atoms with Gasteiger partial charge in [-0.3, -0.25) is 9.69 Å². The molecule has 3 rings (SSSR count). The predicted molar refractivity (Wildman–Crippen MR) is 97.8 cm³/mol. The molecular weight excluding hydrogens is 298 g/mol. The van der Waals surface area contributed by atoms with E-state index in [1.165, 1.54) is 0 Å². The van der Waals surface area contributed by atoms with Gasteiger partial charge in [0.1, 0.15) is 0 Å². The minimum absolute atomic E-state index is 0.0107. The van der Waals surface area contributed by atoms with Gasteiger partial charge in [-0.25, -0.2) is 0 Å². The summed E-state index contributed by atoms with van der Waals surface area (Å²) in [4.78, 5) is 14.8. The maximum Gasteiger partial charge on any atom is 0.252 e. The molecule has 3 N–H and O–H groups in total. The monoisotopic (exact) mass is 323 g/mol. The number of rotatable bonds is 5. The fraction of sp³-hybridized carbons (Fsp3) is 0.350. The van der Waals surface area contributed by atoms with Crippen molar-refractivity contribution in [2.75, 3.05) is 18.8 Å². The lowest BCUT2D eigenvalue weighted by atomic mass is 9.79. The van der Waals surface area contributed by atoms with Crippen LogP contribution in [0.15, 0.2) is 48.5 Å². The Bertz CT molecular complexity index is 754. The molecule has 1 aliphatic rings. The number of nitrogens with one attached hydrogen (secondary N) is 1. The lowest BCUT2D eigenvalue weighted by Gasteiger charge is -2.45. The van der Waals surface area contributed by atoms with E-state index in [9.17, 15) is 4.79 Å². The van der Waals surface area contributed by atoms with Crippen molar-refractivity contribution in [1.29, 1.82) is 0 Å². The Labute approximate surface area is 143 Å². The van der Waals surface area contributed by atoms with E-state index >= 15 is 0 Å². The fourth-order valence-corrected chi connectivity index (χ4v) is 4.03. The normalized spacial score (nSPS) is 19.0. The van der Waals surface area contributed by atoms with Crippen LogP contribution in [0.2, 0.25) is 0 Å². The van der Waals surface area contributed by atoms with Gasteiger partial charge in [-0.1, -0.05) is 50.2 Å². The summed E-state index contributed by atoms with van der Waals surface area (Å²) in [5.74, 6) is -0.0107. The lowest BCUT2D eigenvalue weighted by Crippen LogP contribution is -2.51. The summed E-state index contributed by atoms with van der Waals surface area (Å²) in [5, 5.41) is 3.20. The van der Waals surface area contributed by atoms with Gasteiger partial charge in [0.2, 0.25) is 0 Å². The van der Waals surface area contributed by atoms with Crippen LogP contribution in [0, 0.1) is 0 Å². The van der Waals surface area contributed by atoms with Crippen LogP contribution in [-0.4, -0.2) is 23.9 Å². The third-order valence-corrected chi connectivity index (χ3v) is 5.28. The van der Waals surface area contributed by atoms with Crippen LogP contribution in [0.1, 0.15) is 48.3 Å². The highest BCUT2D eigenvalue weighted by atomic mass is 16.2. The number of amides is 1. The van der Waals surface area contributed by atoms with E-state index in [-0.39, 0.29) is 11.9 Å². The van der Waals surface area contributed by atoms with Gasteiger partial charge < -0.3 is 11.1 Å². The van der Waals surface area contributed by atoms with E-state index in [1.807, 2.05) is 42.5 Å². The molecule has 0 radical (unpaired) electrons. The molecule has 1 aliphatic heterocycles. The number of hydrogen-bond donors (Lipinski definition) is 2. The molecule has 0 bridgehead atoms. The molecule has 0 saturated carbocycles. The van der Waals surface area contributed by atoms with Gasteiger partial charge in [0.25, 0.3) is 5.91 Å². The average Bonchev–Trinajstić information content (AvgIpc) is 2.94. The Hall–Kier alpha value is -2.33. The number of likely N-dealkylation sites (N-methyl/N-ethyl adjacent to an activating group) is 1. The van der Waals surface area contributed by atoms with E-state index in [1.54, 1.807) is 0 Å². The molecule has 2 aromatic rings. The van der Waals surface area contributed by atoms with Crippen LogP contribution in [0.25, 0.3) is 0 Å². The van der Waals surface area contributed by atoms with Crippen molar-refractivity contribution >= 4 is 11.6 Å². The maximum atomic E-state index is 12.5. The predicted octanol–water partition coefficient (Wildman–Crippen LogP) is 3.31. The molecule has 4 heteroatoms. The van der Waals surface area contributed by atoms with Gasteiger partial charge >= 0.3 is 0 Å². The van der Waals surface area contributed by atoms with Crippen LogP contribution in [0.5, 0.6) is 0 Å². The highest BCUT2D eigenvalue weighted by molar-refractivity contribution is 5.99. The van der Waals surface area contributed by atoms with Crippen LogP contribution < -0.4 is 11.1 Å². The third-order valence-electron chi connectivity index (χ3n) is 5.28. The zero-order valence-electron chi connectivity index (χ0n) is 14.5. The van der Waals surface area contributed by atoms with E-state index in [4.69, 9.17) is 5.73 Å². The molecule has 0 saturated heterocycles. The molecule has 0 aromatic heterocycles. The molecule has 126 valence electrons. The molecule has 0 fully saturated rings. The molecular formula is C20H25N3O. The fourth-order valence-electron chi connectivity index (χ4n) is 4.03. The summed E-state index contributed by atoms with van der Waals surface area (Å²) in [6.45, 7) is 8.21. The van der Waals surface area contributed by atoms with Gasteiger partial charge in [0, 0.05) is 11.3 Å². The number of carbonyl (C=O) groups excluding carboxylic acids is 1. The van der Waals surface area contributed by atoms with E-state index < -0.39 is 5.54 Å². The van der Waals surface area contributed by atoms with E-state index in [0.717, 1.165) is 35.5 Å². The number of fused-ring (bicyclic) bond motifs is 1. The third kappa shape index (κ3) is 2.38. The first-order valence-electron chi connectivity index (χ1n) is 8.53. The van der Waals surface area contributed by atoms with Crippen LogP contribution in [-0.2, 0) is 5.54 Å². The summed E-state index contributed by atoms with van der Waals surface area (Å²) < 4.78 is 0. The first kappa shape index (κ1) is 16.5. The minimum Gasteiger partial charge on any atom is -0.398 e. The van der Waals surface area contributed by atoms with Crippen molar-refractivity contribution < 1.29 is 4.79 Å². The second-order valence-electron chi connectivity index (χ2n) is 6.40. The molecule has 1 amide bonds. The molecule has 2 unspecified atom stereocenters. The number of anilines is 1. The number of para-hydroxylation sites is 1. The molecule has 24 heavy (non-hydrogen) atoms. The lowest BCUT2D eigenvalue weighted by molar-refractivity contribution is 0.0676. The summed E-state index contributed by atoms with van der Waals surface area (Å²) in [7, 11) is 0. The molecule has 0 spiro atoms. The van der Waals surface area contributed by atoms with E-state index in [2.05, 4.69) is 37.1 Å². The Morgan fingerprint density at radius 1 is 1.08 bits per heavy atom. The van der Waals surface area contributed by atoms with Crippen molar-refractivity contribution in [3.8, 4) is 0 Å². The number of carbonyl (C=O) groups is 1. The summed E-state index contributed by atoms with van der Waals surface area (Å²) >= 11 is 0. The highest BCUT2D eigenvalue weighted by Gasteiger charge is 2.46. The smallest absolute Gasteiger partial charge is 0.252 e. The molecule has 4 nitrogen and oxygen atoms in total. The standard InChI is InChI=1S/C20H25N3O/c1-4-23(5-2)20(3,16-12-8-9-13-17(16)21)18-14-10-6-7-11-15(14)19(24)22-18/h6-13,18H,4-5,21H2,1-3H3,(H,22,24). The number of benzene rings is 2. The number of hydrogen-bond acceptors (Lipinski definition) is 3. The first-order valence-corrected chi connectivity index (χ1v) is 8.53. The zero-order chi connectivity index (χ0) is 17.3. The molecule has 2 aromatic carbocycles. The van der Waals surface area contributed by atoms with Gasteiger partial charge in [-0.15, -0.1) is 0 Å². The van der Waals surface area contributed by atoms with Crippen molar-refractivity contribution in [2.45, 2.75) is 32.4 Å². The van der Waals surface area contributed by atoms with Crippen molar-refractivity contribution in [3.63, 3.8) is 0 Å². The minimum atomic E-state index is -0.420. The first-order chi connectivity index (χ1) is 11.5. The Balaban J connectivity index is 2.21. The van der Waals surface area contributed by atoms with Crippen molar-refractivity contribution in [3.05, 3.63) is 65.2 Å². The van der Waals surface area contributed by atoms with Crippen molar-refractivity contribution in [1.82, 2.24) is 10.2 Å². The summed E-state index contributed by atoms with van der Waals surface area (Å²) in [6, 6.07) is 15.7. The van der Waals surface area contributed by atoms with Gasteiger partial charge in [0.15, 0.2) is 0 Å². The Morgan fingerprint density at radius 3 is 2.38 bits per heavy atom. The van der Waals surface area contributed by atoms with Gasteiger partial charge in [-0.05, 0) is 43.3 Å². The van der Waals surface area contributed by atoms with E-state index in [0.29, 0.717) is 0 Å². The Morgan fingerprint density at radius 2 is 1.71 bits per heavy atom. The molecule has 1 heterocycles. The quantitative estimate of drug-likeness (QED) is 0.830. The summed E-state index contributed by atoms with van der Waals surface area (Å²) in [5.41, 5.74) is 9.53. The highest BCUT2D eigenvalue weighted by Crippen LogP contribution is 2.45. The average molecular weight is 323 g/mol. The largest absolute Gasteiger partial charge is 0.398 e. The van der Waals surface area contributed by atoms with Gasteiger partial charge in [0.05, 0.1) is 11.6 Å². The van der Waals surface area contributed by atoms with Crippen LogP contribution in [0.4, 0.5) is 5.69 Å². The molecule has 2 atom stereocenters. The maximum absolute atomic E-state index is 12.5. The topological polar surface area (TPSA) is 58.4 Å². The van der Waals surface area contributed by atoms with Crippen LogP contribution in [0.3, 0.4) is 0 Å². The molecule has 0 aliphatic carbocycles. The number of nitrogens with two attached hydrogens (primary N) is 1. The second-order valence-corrected chi connectivity index (χ2v) is 6.40.